The van der Waals surface area contributed by atoms with E-state index in [0.29, 0.717) is 0 Å². The summed E-state index contributed by atoms with van der Waals surface area (Å²) in [5.41, 5.74) is 0. The summed E-state index contributed by atoms with van der Waals surface area (Å²) in [5.74, 6) is -35.7. The van der Waals surface area contributed by atoms with Crippen LogP contribution in [0.3, 0.4) is 0 Å². The van der Waals surface area contributed by atoms with E-state index in [1.165, 1.54) is 0 Å². The van der Waals surface area contributed by atoms with E-state index in [-0.39, 0.29) is 0 Å². The van der Waals surface area contributed by atoms with Gasteiger partial charge in [-0.1, -0.05) is 0 Å². The number of ether oxygens (including phenoxy) is 1. The smallest absolute Gasteiger partial charge is 0.384 e. The van der Waals surface area contributed by atoms with Crippen LogP contribution in [-0.4, -0.2) is 72.2 Å². The van der Waals surface area contributed by atoms with Crippen molar-refractivity contribution < 1.29 is 67.6 Å². The molecule has 0 bridgehead atoms. The zero-order valence-electron chi connectivity index (χ0n) is 11.6. The van der Waals surface area contributed by atoms with E-state index in [1.54, 1.807) is 0 Å². The summed E-state index contributed by atoms with van der Waals surface area (Å²) in [5, 5.41) is 16.9. The number of hydrogen-bond donors (Lipinski definition) is 2. The molecule has 0 aliphatic carbocycles. The van der Waals surface area contributed by atoms with Crippen molar-refractivity contribution in [3.8, 4) is 0 Å². The van der Waals surface area contributed by atoms with Gasteiger partial charge in [0, 0.05) is 0 Å². The Hall–Kier alpha value is -0.960. The van der Waals surface area contributed by atoms with Gasteiger partial charge in [0.05, 0.1) is 13.2 Å². The molecular weight excluding hydrogens is 396 g/mol. The Morgan fingerprint density at radius 1 is 0.760 bits per heavy atom. The van der Waals surface area contributed by atoms with Crippen molar-refractivity contribution in [2.45, 2.75) is 42.1 Å². The van der Waals surface area contributed by atoms with Gasteiger partial charge in [-0.25, -0.2) is 8.78 Å². The molecule has 0 fully saturated rings. The third-order valence-electron chi connectivity index (χ3n) is 2.75. The highest BCUT2D eigenvalue weighted by Crippen LogP contribution is 2.58. The lowest BCUT2D eigenvalue weighted by Crippen LogP contribution is -2.69. The summed E-state index contributed by atoms with van der Waals surface area (Å²) in [6.07, 6.45) is -7.50. The molecule has 0 aromatic carbocycles. The minimum Gasteiger partial charge on any atom is -0.394 e. The fourth-order valence-corrected chi connectivity index (χ4v) is 1.24. The molecule has 0 saturated heterocycles. The van der Waals surface area contributed by atoms with Crippen LogP contribution in [0, 0.1) is 0 Å². The minimum atomic E-state index is -7.61. The Kier molecular flexibility index (Phi) is 7.06. The largest absolute Gasteiger partial charge is 0.394 e. The molecule has 1 atom stereocenters. The zero-order chi connectivity index (χ0) is 20.5. The first-order chi connectivity index (χ1) is 10.9. The average molecular weight is 406 g/mol. The van der Waals surface area contributed by atoms with Crippen LogP contribution >= 0.6 is 0 Å². The predicted octanol–water partition coefficient (Wildman–Crippen LogP) is 2.80. The summed E-state index contributed by atoms with van der Waals surface area (Å²) in [6, 6.07) is 0. The monoisotopic (exact) mass is 406 g/mol. The van der Waals surface area contributed by atoms with Gasteiger partial charge in [0.2, 0.25) is 0 Å². The first-order valence-corrected chi connectivity index (χ1v) is 5.94. The fourth-order valence-electron chi connectivity index (χ4n) is 1.24. The van der Waals surface area contributed by atoms with Crippen molar-refractivity contribution in [3.05, 3.63) is 0 Å². The summed E-state index contributed by atoms with van der Waals surface area (Å²) < 4.78 is 156. The molecule has 152 valence electrons. The molecule has 2 N–H and O–H groups in total. The van der Waals surface area contributed by atoms with Crippen LogP contribution in [0.2, 0.25) is 0 Å². The molecule has 0 aromatic rings. The van der Waals surface area contributed by atoms with E-state index < -0.39 is 62.0 Å². The Labute approximate surface area is 131 Å². The topological polar surface area (TPSA) is 49.7 Å². The van der Waals surface area contributed by atoms with E-state index in [1.807, 2.05) is 0 Å². The number of halogens is 12. The Morgan fingerprint density at radius 2 is 1.20 bits per heavy atom. The maximum atomic E-state index is 13.1. The molecule has 0 aliphatic heterocycles. The van der Waals surface area contributed by atoms with Crippen LogP contribution in [0.1, 0.15) is 0 Å². The lowest BCUT2D eigenvalue weighted by Gasteiger charge is -2.39. The molecule has 0 unspecified atom stereocenters. The maximum absolute atomic E-state index is 13.1. The number of aliphatic hydroxyl groups is 2. The van der Waals surface area contributed by atoms with Gasteiger partial charge < -0.3 is 14.9 Å². The van der Waals surface area contributed by atoms with Crippen LogP contribution in [0.4, 0.5) is 52.7 Å². The maximum Gasteiger partial charge on any atom is 0.384 e. The fraction of sp³-hybridized carbons (Fsp3) is 1.00. The number of rotatable bonds is 10. The lowest BCUT2D eigenvalue weighted by atomic mass is 9.94. The van der Waals surface area contributed by atoms with Gasteiger partial charge in [0.15, 0.2) is 0 Å². The Bertz CT molecular complexity index is 439. The summed E-state index contributed by atoms with van der Waals surface area (Å²) in [6.45, 7) is -5.25. The summed E-state index contributed by atoms with van der Waals surface area (Å²) in [4.78, 5) is 0. The molecule has 25 heavy (non-hydrogen) atoms. The highest BCUT2D eigenvalue weighted by Gasteiger charge is 2.87. The van der Waals surface area contributed by atoms with E-state index >= 15 is 0 Å². The molecule has 3 nitrogen and oxygen atoms in total. The molecular formula is C10H10F12O3. The van der Waals surface area contributed by atoms with Crippen molar-refractivity contribution in [1.29, 1.82) is 0 Å². The quantitative estimate of drug-likeness (QED) is 0.549. The van der Waals surface area contributed by atoms with Crippen molar-refractivity contribution in [2.24, 2.45) is 0 Å². The highest BCUT2D eigenvalue weighted by atomic mass is 19.4. The molecule has 0 rings (SSSR count). The minimum absolute atomic E-state index is 1.14. The van der Waals surface area contributed by atoms with Gasteiger partial charge in [-0.2, -0.15) is 43.9 Å². The third-order valence-corrected chi connectivity index (χ3v) is 2.75. The van der Waals surface area contributed by atoms with Gasteiger partial charge in [-0.05, 0) is 0 Å². The second-order valence-electron chi connectivity index (χ2n) is 4.70. The van der Waals surface area contributed by atoms with E-state index in [2.05, 4.69) is 4.74 Å². The summed E-state index contributed by atoms with van der Waals surface area (Å²) >= 11 is 0. The molecule has 0 radical (unpaired) electrons. The van der Waals surface area contributed by atoms with Gasteiger partial charge in [-0.3, -0.25) is 0 Å². The van der Waals surface area contributed by atoms with Gasteiger partial charge in [0.1, 0.15) is 12.7 Å². The highest BCUT2D eigenvalue weighted by molar-refractivity contribution is 5.09. The molecule has 0 aliphatic rings. The van der Waals surface area contributed by atoms with Crippen LogP contribution in [0.15, 0.2) is 0 Å². The van der Waals surface area contributed by atoms with E-state index in [0.717, 1.165) is 0 Å². The van der Waals surface area contributed by atoms with Crippen LogP contribution in [0.25, 0.3) is 0 Å². The standard InChI is InChI=1S/C10H10F12O3/c11-5(12)7(15,16)9(19,20)10(21,22)8(17,18)6(13,14)3-25-2-4(24)1-23/h4-5,23-24H,1-3H2/t4-/m1/s1. The first kappa shape index (κ1) is 24.0. The molecule has 15 heteroatoms. The number of alkyl halides is 12. The molecule has 0 saturated carbocycles. The second kappa shape index (κ2) is 7.34. The van der Waals surface area contributed by atoms with Crippen LogP contribution < -0.4 is 0 Å². The zero-order valence-corrected chi connectivity index (χ0v) is 11.6. The second-order valence-corrected chi connectivity index (χ2v) is 4.70. The van der Waals surface area contributed by atoms with Gasteiger partial charge >= 0.3 is 36.0 Å². The SMILES string of the molecule is OC[C@@H](O)COCC(F)(F)C(F)(F)C(F)(F)C(F)(F)C(F)(F)C(F)F. The molecule has 0 aromatic heterocycles. The van der Waals surface area contributed by atoms with Crippen LogP contribution in [-0.2, 0) is 4.74 Å². The van der Waals surface area contributed by atoms with Gasteiger partial charge in [-0.15, -0.1) is 0 Å². The van der Waals surface area contributed by atoms with E-state index in [4.69, 9.17) is 10.2 Å². The van der Waals surface area contributed by atoms with Crippen molar-refractivity contribution in [2.75, 3.05) is 19.8 Å². The first-order valence-electron chi connectivity index (χ1n) is 5.94. The van der Waals surface area contributed by atoms with Crippen molar-refractivity contribution in [1.82, 2.24) is 0 Å². The molecule has 0 spiro atoms. The Balaban J connectivity index is 5.64. The van der Waals surface area contributed by atoms with Crippen LogP contribution in [0.5, 0.6) is 0 Å². The van der Waals surface area contributed by atoms with E-state index in [9.17, 15) is 52.7 Å². The number of aliphatic hydroxyl groups excluding tert-OH is 2. The number of hydrogen-bond acceptors (Lipinski definition) is 3. The normalized spacial score (nSPS) is 16.4. The predicted molar refractivity (Wildman–Crippen MR) is 54.7 cm³/mol. The third kappa shape index (κ3) is 4.07. The molecule has 0 amide bonds. The summed E-state index contributed by atoms with van der Waals surface area (Å²) in [7, 11) is 0. The average Bonchev–Trinajstić information content (AvgIpc) is 2.45. The van der Waals surface area contributed by atoms with Crippen molar-refractivity contribution >= 4 is 0 Å². The lowest BCUT2D eigenvalue weighted by molar-refractivity contribution is -0.415. The molecule has 0 heterocycles. The van der Waals surface area contributed by atoms with Crippen molar-refractivity contribution in [3.63, 3.8) is 0 Å². The van der Waals surface area contributed by atoms with Gasteiger partial charge in [0.25, 0.3) is 0 Å². The Morgan fingerprint density at radius 3 is 1.56 bits per heavy atom.